The number of benzene rings is 1. The monoisotopic (exact) mass is 324 g/mol. The quantitative estimate of drug-likeness (QED) is 0.885. The van der Waals surface area contributed by atoms with E-state index in [9.17, 15) is 9.59 Å². The molecule has 0 aliphatic rings. The third-order valence-corrected chi connectivity index (χ3v) is 2.96. The number of carbonyl (C=O) groups excluding carboxylic acids is 1. The molecule has 8 heteroatoms. The molecule has 1 heterocycles. The number of carboxylic acids is 1. The van der Waals surface area contributed by atoms with Crippen molar-refractivity contribution in [1.82, 2.24) is 15.0 Å². The summed E-state index contributed by atoms with van der Waals surface area (Å²) in [6.45, 7) is 0.00371. The van der Waals surface area contributed by atoms with Crippen LogP contribution in [0.3, 0.4) is 0 Å². The first kappa shape index (κ1) is 13.2. The van der Waals surface area contributed by atoms with Gasteiger partial charge in [0.1, 0.15) is 6.54 Å². The molecule has 0 aliphatic carbocycles. The Morgan fingerprint density at radius 2 is 2.21 bits per heavy atom. The Kier molecular flexibility index (Phi) is 3.91. The second-order valence-electron chi connectivity index (χ2n) is 3.65. The molecular formula is C11H9BrN4O3. The molecule has 0 fully saturated rings. The van der Waals surface area contributed by atoms with E-state index in [1.54, 1.807) is 12.3 Å². The van der Waals surface area contributed by atoms with Gasteiger partial charge in [0.2, 0.25) is 5.91 Å². The maximum atomic E-state index is 11.7. The molecule has 19 heavy (non-hydrogen) atoms. The second-order valence-corrected chi connectivity index (χ2v) is 4.50. The minimum atomic E-state index is -1.06. The SMILES string of the molecule is O=C(Cn1ccnn1)Nc1cc(C(=O)O)ccc1Br. The number of hydrogen-bond donors (Lipinski definition) is 2. The Bertz CT molecular complexity index is 612. The highest BCUT2D eigenvalue weighted by Crippen LogP contribution is 2.23. The maximum absolute atomic E-state index is 11.7. The lowest BCUT2D eigenvalue weighted by Gasteiger charge is -2.08. The van der Waals surface area contributed by atoms with E-state index in [2.05, 4.69) is 31.6 Å². The molecule has 0 atom stereocenters. The summed E-state index contributed by atoms with van der Waals surface area (Å²) in [5, 5.41) is 18.7. The van der Waals surface area contributed by atoms with Crippen LogP contribution in [0.15, 0.2) is 35.1 Å². The van der Waals surface area contributed by atoms with Gasteiger partial charge in [0, 0.05) is 10.7 Å². The van der Waals surface area contributed by atoms with Crippen LogP contribution in [0, 0.1) is 0 Å². The highest BCUT2D eigenvalue weighted by atomic mass is 79.9. The smallest absolute Gasteiger partial charge is 0.335 e. The van der Waals surface area contributed by atoms with E-state index >= 15 is 0 Å². The third-order valence-electron chi connectivity index (χ3n) is 2.26. The van der Waals surface area contributed by atoms with Crippen molar-refractivity contribution in [3.63, 3.8) is 0 Å². The molecule has 2 aromatic rings. The molecule has 0 radical (unpaired) electrons. The number of nitrogens with one attached hydrogen (secondary N) is 1. The van der Waals surface area contributed by atoms with Gasteiger partial charge in [-0.05, 0) is 34.1 Å². The van der Waals surface area contributed by atoms with Crippen molar-refractivity contribution in [3.8, 4) is 0 Å². The number of aromatic nitrogens is 3. The average molecular weight is 325 g/mol. The summed E-state index contributed by atoms with van der Waals surface area (Å²) >= 11 is 3.24. The van der Waals surface area contributed by atoms with Crippen LogP contribution in [0.25, 0.3) is 0 Å². The van der Waals surface area contributed by atoms with Gasteiger partial charge in [-0.1, -0.05) is 5.21 Å². The molecule has 0 aliphatic heterocycles. The van der Waals surface area contributed by atoms with Crippen molar-refractivity contribution < 1.29 is 14.7 Å². The first-order valence-electron chi connectivity index (χ1n) is 5.23. The average Bonchev–Trinajstić information content (AvgIpc) is 2.84. The minimum absolute atomic E-state index is 0.00371. The number of rotatable bonds is 4. The highest BCUT2D eigenvalue weighted by Gasteiger charge is 2.10. The summed E-state index contributed by atoms with van der Waals surface area (Å²) in [5.41, 5.74) is 0.490. The number of halogens is 1. The van der Waals surface area contributed by atoms with Crippen LogP contribution in [0.1, 0.15) is 10.4 Å². The number of hydrogen-bond acceptors (Lipinski definition) is 4. The molecule has 0 bridgehead atoms. The molecule has 0 saturated carbocycles. The zero-order valence-corrected chi connectivity index (χ0v) is 11.2. The van der Waals surface area contributed by atoms with Gasteiger partial charge in [-0.3, -0.25) is 4.79 Å². The zero-order chi connectivity index (χ0) is 13.8. The van der Waals surface area contributed by atoms with E-state index in [1.807, 2.05) is 0 Å². The summed E-state index contributed by atoms with van der Waals surface area (Å²) < 4.78 is 1.97. The number of anilines is 1. The Morgan fingerprint density at radius 3 is 2.84 bits per heavy atom. The van der Waals surface area contributed by atoms with E-state index in [0.717, 1.165) is 0 Å². The lowest BCUT2D eigenvalue weighted by Crippen LogP contribution is -2.19. The summed E-state index contributed by atoms with van der Waals surface area (Å²) in [6.07, 6.45) is 3.02. The molecule has 2 rings (SSSR count). The van der Waals surface area contributed by atoms with Crippen molar-refractivity contribution in [2.24, 2.45) is 0 Å². The molecular weight excluding hydrogens is 316 g/mol. The van der Waals surface area contributed by atoms with Gasteiger partial charge in [-0.15, -0.1) is 5.10 Å². The molecule has 0 spiro atoms. The largest absolute Gasteiger partial charge is 0.478 e. The standard InChI is InChI=1S/C11H9BrN4O3/c12-8-2-1-7(11(18)19)5-9(8)14-10(17)6-16-4-3-13-15-16/h1-5H,6H2,(H,14,17)(H,18,19). The lowest BCUT2D eigenvalue weighted by atomic mass is 10.2. The molecule has 7 nitrogen and oxygen atoms in total. The Labute approximate surface area is 116 Å². The number of aromatic carboxylic acids is 1. The van der Waals surface area contributed by atoms with Gasteiger partial charge < -0.3 is 10.4 Å². The number of nitrogens with zero attached hydrogens (tertiary/aromatic N) is 3. The number of amides is 1. The van der Waals surface area contributed by atoms with Crippen molar-refractivity contribution in [3.05, 3.63) is 40.6 Å². The van der Waals surface area contributed by atoms with Gasteiger partial charge in [0.25, 0.3) is 0 Å². The Balaban J connectivity index is 2.11. The second kappa shape index (κ2) is 5.61. The first-order chi connectivity index (χ1) is 9.06. The normalized spacial score (nSPS) is 10.2. The van der Waals surface area contributed by atoms with Crippen LogP contribution in [-0.2, 0) is 11.3 Å². The fraction of sp³-hybridized carbons (Fsp3) is 0.0909. The molecule has 0 saturated heterocycles. The van der Waals surface area contributed by atoms with Gasteiger partial charge >= 0.3 is 5.97 Å². The predicted molar refractivity (Wildman–Crippen MR) is 69.8 cm³/mol. The summed E-state index contributed by atoms with van der Waals surface area (Å²) in [7, 11) is 0. The molecule has 1 aromatic carbocycles. The lowest BCUT2D eigenvalue weighted by molar-refractivity contribution is -0.116. The third kappa shape index (κ3) is 3.38. The highest BCUT2D eigenvalue weighted by molar-refractivity contribution is 9.10. The van der Waals surface area contributed by atoms with Crippen LogP contribution >= 0.6 is 15.9 Å². The van der Waals surface area contributed by atoms with Gasteiger partial charge in [0.05, 0.1) is 17.4 Å². The van der Waals surface area contributed by atoms with Gasteiger partial charge in [0.15, 0.2) is 0 Å². The van der Waals surface area contributed by atoms with E-state index < -0.39 is 5.97 Å². The van der Waals surface area contributed by atoms with E-state index in [1.165, 1.54) is 23.0 Å². The number of carboxylic acid groups (broad SMARTS) is 1. The van der Waals surface area contributed by atoms with Gasteiger partial charge in [-0.25, -0.2) is 9.48 Å². The van der Waals surface area contributed by atoms with Crippen molar-refractivity contribution in [1.29, 1.82) is 0 Å². The minimum Gasteiger partial charge on any atom is -0.478 e. The molecule has 0 unspecified atom stereocenters. The molecule has 1 aromatic heterocycles. The molecule has 2 N–H and O–H groups in total. The first-order valence-corrected chi connectivity index (χ1v) is 6.02. The van der Waals surface area contributed by atoms with E-state index in [0.29, 0.717) is 10.2 Å². The van der Waals surface area contributed by atoms with Crippen molar-refractivity contribution in [2.45, 2.75) is 6.54 Å². The number of carbonyl (C=O) groups is 2. The fourth-order valence-corrected chi connectivity index (χ4v) is 1.75. The summed E-state index contributed by atoms with van der Waals surface area (Å²) in [4.78, 5) is 22.6. The van der Waals surface area contributed by atoms with Gasteiger partial charge in [-0.2, -0.15) is 0 Å². The topological polar surface area (TPSA) is 97.1 Å². The van der Waals surface area contributed by atoms with Crippen molar-refractivity contribution in [2.75, 3.05) is 5.32 Å². The van der Waals surface area contributed by atoms with Crippen LogP contribution < -0.4 is 5.32 Å². The summed E-state index contributed by atoms with van der Waals surface area (Å²) in [6, 6.07) is 4.39. The van der Waals surface area contributed by atoms with Crippen LogP contribution in [0.4, 0.5) is 5.69 Å². The maximum Gasteiger partial charge on any atom is 0.335 e. The Hall–Kier alpha value is -2.22. The Morgan fingerprint density at radius 1 is 1.42 bits per heavy atom. The molecule has 98 valence electrons. The molecule has 1 amide bonds. The van der Waals surface area contributed by atoms with Crippen LogP contribution in [-0.4, -0.2) is 32.0 Å². The van der Waals surface area contributed by atoms with E-state index in [-0.39, 0.29) is 18.0 Å². The predicted octanol–water partition coefficient (Wildman–Crippen LogP) is 1.38. The van der Waals surface area contributed by atoms with Crippen molar-refractivity contribution >= 4 is 33.5 Å². The zero-order valence-electron chi connectivity index (χ0n) is 9.58. The fourth-order valence-electron chi connectivity index (χ4n) is 1.41. The summed E-state index contributed by atoms with van der Waals surface area (Å²) in [5.74, 6) is -1.38. The van der Waals surface area contributed by atoms with Crippen LogP contribution in [0.2, 0.25) is 0 Å². The van der Waals surface area contributed by atoms with Crippen LogP contribution in [0.5, 0.6) is 0 Å². The van der Waals surface area contributed by atoms with E-state index in [4.69, 9.17) is 5.11 Å².